The lowest BCUT2D eigenvalue weighted by Crippen LogP contribution is -2.61. The standard InChI is InChI=1S/C52H81NO14/c1-31-15-11-10-12-16-32(2)41(55)29-39-20-18-37(7)52(62,67-39)49(59)50(60)53-22-14-13-17-40(53)51(61)66-44(34(4)27-38-19-21-43(65-24-23-54)45(28-38)63-8)30-42(56)33(3)26-36(6)47(58)48(64-9)46(57)35(5)25-31/h10-12,15-16,26,31,33-35,37-41,43-45,47-48,54-55,58,62H,13-14,17-25,27-30H2,1-9H3/b12-10+,15-11+,32-16+,36-26+/t31-,33-,34-,35-,37-,38+,39+,40+,41+,43-,44+,45-,47-,48+,52-/m1/s1. The van der Waals surface area contributed by atoms with E-state index in [1.54, 1.807) is 60.0 Å². The van der Waals surface area contributed by atoms with Gasteiger partial charge in [-0.15, -0.1) is 0 Å². The highest BCUT2D eigenvalue weighted by atomic mass is 16.6. The van der Waals surface area contributed by atoms with Gasteiger partial charge in [-0.05, 0) is 107 Å². The average Bonchev–Trinajstić information content (AvgIpc) is 3.30. The van der Waals surface area contributed by atoms with Crippen LogP contribution >= 0.6 is 0 Å². The van der Waals surface area contributed by atoms with Gasteiger partial charge in [0.2, 0.25) is 5.79 Å². The SMILES string of the molecule is CO[C@@H]1C[C@H](C[C@@H](C)[C@@H]2CC(=O)[C@H](C)/C=C(\C)[C@@H](O)[C@@H](OC)C(=O)[C@H](C)C[C@H](C)/C=C/C=C/C=C(\C)[C@@H](O)C[C@@H]3CC[C@@H](C)[C@@](O)(O3)C(=O)C(=O)N3CCCC[C@H]3C(=O)O2)CC[C@H]1OCCO. The highest BCUT2D eigenvalue weighted by molar-refractivity contribution is 6.39. The predicted molar refractivity (Wildman–Crippen MR) is 251 cm³/mol. The maximum absolute atomic E-state index is 14.4. The summed E-state index contributed by atoms with van der Waals surface area (Å²) in [5.74, 6) is -8.25. The molecule has 2 bridgehead atoms. The first-order valence-corrected chi connectivity index (χ1v) is 24.6. The molecule has 1 aliphatic carbocycles. The Balaban J connectivity index is 1.68. The van der Waals surface area contributed by atoms with Crippen LogP contribution in [-0.4, -0.2) is 143 Å². The summed E-state index contributed by atoms with van der Waals surface area (Å²) in [7, 11) is 2.99. The zero-order chi connectivity index (χ0) is 49.6. The summed E-state index contributed by atoms with van der Waals surface area (Å²) in [5, 5.41) is 43.8. The smallest absolute Gasteiger partial charge is 0.329 e. The minimum absolute atomic E-state index is 0.00840. The van der Waals surface area contributed by atoms with Crippen molar-refractivity contribution in [2.75, 3.05) is 34.0 Å². The molecule has 2 saturated heterocycles. The summed E-state index contributed by atoms with van der Waals surface area (Å²) < 4.78 is 29.5. The molecule has 0 unspecified atom stereocenters. The van der Waals surface area contributed by atoms with Crippen molar-refractivity contribution < 1.29 is 68.1 Å². The second kappa shape index (κ2) is 26.5. The molecule has 0 aromatic carbocycles. The van der Waals surface area contributed by atoms with Crippen molar-refractivity contribution >= 4 is 29.2 Å². The number of methoxy groups -OCH3 is 2. The van der Waals surface area contributed by atoms with Gasteiger partial charge in [-0.2, -0.15) is 0 Å². The van der Waals surface area contributed by atoms with E-state index < -0.39 is 77.8 Å². The summed E-state index contributed by atoms with van der Waals surface area (Å²) in [5.41, 5.74) is 0.998. The number of carbonyl (C=O) groups excluding carboxylic acids is 5. The van der Waals surface area contributed by atoms with Crippen molar-refractivity contribution in [3.8, 4) is 0 Å². The van der Waals surface area contributed by atoms with Crippen LogP contribution in [0.25, 0.3) is 0 Å². The van der Waals surface area contributed by atoms with E-state index in [1.165, 1.54) is 7.11 Å². The number of aliphatic hydroxyl groups excluding tert-OH is 3. The Labute approximate surface area is 398 Å². The third-order valence-electron chi connectivity index (χ3n) is 14.6. The number of aliphatic hydroxyl groups is 4. The number of hydrogen-bond acceptors (Lipinski definition) is 14. The summed E-state index contributed by atoms with van der Waals surface area (Å²) in [6.07, 6.45) is 10.3. The number of piperidine rings is 1. The molecule has 0 radical (unpaired) electrons. The average molecular weight is 944 g/mol. The molecule has 1 amide bonds. The molecule has 15 heteroatoms. The molecule has 4 N–H and O–H groups in total. The fourth-order valence-electron chi connectivity index (χ4n) is 10.2. The summed E-state index contributed by atoms with van der Waals surface area (Å²) in [6, 6.07) is -1.16. The van der Waals surface area contributed by atoms with E-state index in [9.17, 15) is 44.4 Å². The van der Waals surface area contributed by atoms with E-state index in [1.807, 2.05) is 32.1 Å². The van der Waals surface area contributed by atoms with Gasteiger partial charge in [-0.3, -0.25) is 19.2 Å². The molecule has 4 aliphatic rings. The molecule has 378 valence electrons. The second-order valence-electron chi connectivity index (χ2n) is 19.9. The fourth-order valence-corrected chi connectivity index (χ4v) is 10.2. The Bertz CT molecular complexity index is 1790. The molecule has 15 atom stereocenters. The summed E-state index contributed by atoms with van der Waals surface area (Å²) >= 11 is 0. The van der Waals surface area contributed by atoms with Crippen LogP contribution in [0.4, 0.5) is 0 Å². The molecule has 1 saturated carbocycles. The Hall–Kier alpha value is -3.41. The van der Waals surface area contributed by atoms with E-state index >= 15 is 0 Å². The normalized spacial score (nSPS) is 39.6. The van der Waals surface area contributed by atoms with Crippen LogP contribution in [0.15, 0.2) is 47.6 Å². The monoisotopic (exact) mass is 944 g/mol. The molecule has 0 aromatic rings. The summed E-state index contributed by atoms with van der Waals surface area (Å²) in [4.78, 5) is 71.8. The largest absolute Gasteiger partial charge is 0.460 e. The van der Waals surface area contributed by atoms with Gasteiger partial charge in [-0.1, -0.05) is 71.1 Å². The molecule has 0 aromatic heterocycles. The van der Waals surface area contributed by atoms with Crippen molar-refractivity contribution in [2.24, 2.45) is 35.5 Å². The first-order valence-electron chi connectivity index (χ1n) is 24.6. The van der Waals surface area contributed by atoms with Crippen molar-refractivity contribution in [3.05, 3.63) is 47.6 Å². The Morgan fingerprint density at radius 1 is 0.866 bits per heavy atom. The van der Waals surface area contributed by atoms with Gasteiger partial charge in [0.25, 0.3) is 11.7 Å². The lowest BCUT2D eigenvalue weighted by Gasteiger charge is -2.42. The van der Waals surface area contributed by atoms with Crippen molar-refractivity contribution in [1.29, 1.82) is 0 Å². The maximum Gasteiger partial charge on any atom is 0.329 e. The highest BCUT2D eigenvalue weighted by Crippen LogP contribution is 2.38. The Morgan fingerprint density at radius 2 is 1.60 bits per heavy atom. The van der Waals surface area contributed by atoms with Gasteiger partial charge in [0.1, 0.15) is 30.1 Å². The van der Waals surface area contributed by atoms with E-state index in [2.05, 4.69) is 0 Å². The van der Waals surface area contributed by atoms with Gasteiger partial charge < -0.3 is 49.0 Å². The molecule has 0 spiro atoms. The third-order valence-corrected chi connectivity index (χ3v) is 14.6. The number of allylic oxidation sites excluding steroid dienone is 6. The van der Waals surface area contributed by atoms with Crippen LogP contribution in [0.1, 0.15) is 126 Å². The molecule has 3 aliphatic heterocycles. The number of carbonyl (C=O) groups is 5. The van der Waals surface area contributed by atoms with Gasteiger partial charge in [0.05, 0.1) is 37.6 Å². The number of hydrogen-bond donors (Lipinski definition) is 4. The van der Waals surface area contributed by atoms with Gasteiger partial charge in [0.15, 0.2) is 5.78 Å². The molecule has 3 heterocycles. The number of fused-ring (bicyclic) bond motifs is 3. The van der Waals surface area contributed by atoms with E-state index in [-0.39, 0.29) is 80.5 Å². The fraction of sp³-hybridized carbons (Fsp3) is 0.750. The topological polar surface area (TPSA) is 216 Å². The third kappa shape index (κ3) is 15.3. The number of Topliss-reactive ketones (excluding diaryl/α,β-unsaturated/α-hetero) is 3. The van der Waals surface area contributed by atoms with Crippen molar-refractivity contribution in [3.63, 3.8) is 0 Å². The minimum Gasteiger partial charge on any atom is -0.460 e. The van der Waals surface area contributed by atoms with E-state index in [0.29, 0.717) is 62.5 Å². The Kier molecular flexibility index (Phi) is 22.3. The molecule has 15 nitrogen and oxygen atoms in total. The van der Waals surface area contributed by atoms with Crippen LogP contribution < -0.4 is 0 Å². The van der Waals surface area contributed by atoms with Crippen LogP contribution in [0, 0.1) is 35.5 Å². The second-order valence-corrected chi connectivity index (χ2v) is 19.9. The van der Waals surface area contributed by atoms with Crippen molar-refractivity contribution in [2.45, 2.75) is 180 Å². The zero-order valence-electron chi connectivity index (χ0n) is 41.5. The van der Waals surface area contributed by atoms with Gasteiger partial charge >= 0.3 is 5.97 Å². The van der Waals surface area contributed by atoms with Crippen LogP contribution in [0.3, 0.4) is 0 Å². The first-order chi connectivity index (χ1) is 31.7. The van der Waals surface area contributed by atoms with Crippen LogP contribution in [-0.2, 0) is 47.7 Å². The summed E-state index contributed by atoms with van der Waals surface area (Å²) in [6.45, 7) is 12.6. The van der Waals surface area contributed by atoms with E-state index in [0.717, 1.165) is 11.3 Å². The number of nitrogens with zero attached hydrogens (tertiary/aromatic N) is 1. The number of ketones is 3. The minimum atomic E-state index is -2.49. The lowest BCUT2D eigenvalue weighted by atomic mass is 9.78. The van der Waals surface area contributed by atoms with E-state index in [4.69, 9.17) is 23.7 Å². The number of ether oxygens (including phenoxy) is 5. The Morgan fingerprint density at radius 3 is 2.28 bits per heavy atom. The predicted octanol–water partition coefficient (Wildman–Crippen LogP) is 5.54. The number of amides is 1. The molecular formula is C52H81NO14. The highest BCUT2D eigenvalue weighted by Gasteiger charge is 2.53. The first kappa shape index (κ1) is 56.2. The maximum atomic E-state index is 14.4. The number of esters is 1. The molecular weight excluding hydrogens is 863 g/mol. The molecule has 3 fully saturated rings. The van der Waals surface area contributed by atoms with Gasteiger partial charge in [-0.25, -0.2) is 4.79 Å². The number of cyclic esters (lactones) is 1. The van der Waals surface area contributed by atoms with Crippen molar-refractivity contribution in [1.82, 2.24) is 4.90 Å². The number of rotatable bonds is 8. The molecule has 67 heavy (non-hydrogen) atoms. The van der Waals surface area contributed by atoms with Crippen LogP contribution in [0.2, 0.25) is 0 Å². The quantitative estimate of drug-likeness (QED) is 0.134. The zero-order valence-corrected chi connectivity index (χ0v) is 41.5. The van der Waals surface area contributed by atoms with Crippen LogP contribution in [0.5, 0.6) is 0 Å². The lowest BCUT2D eigenvalue weighted by molar-refractivity contribution is -0.265. The van der Waals surface area contributed by atoms with Gasteiger partial charge in [0, 0.05) is 51.4 Å². The molecule has 4 rings (SSSR count).